The quantitative estimate of drug-likeness (QED) is 0.489. The van der Waals surface area contributed by atoms with Gasteiger partial charge in [0.1, 0.15) is 11.9 Å². The van der Waals surface area contributed by atoms with E-state index in [9.17, 15) is 14.5 Å². The minimum atomic E-state index is -0.861. The molecule has 0 atom stereocenters. The van der Waals surface area contributed by atoms with Crippen molar-refractivity contribution < 1.29 is 9.31 Å². The SMILES string of the molecule is Cc1cc(C#N)c(F)cc1[N+](=O)[O-]. The number of rotatable bonds is 1. The molecule has 5 heteroatoms. The maximum absolute atomic E-state index is 12.9. The summed E-state index contributed by atoms with van der Waals surface area (Å²) < 4.78 is 12.9. The molecular formula is C8H5FN2O2. The molecule has 0 aliphatic carbocycles. The zero-order chi connectivity index (χ0) is 10.0. The molecule has 0 radical (unpaired) electrons. The highest BCUT2D eigenvalue weighted by atomic mass is 19.1. The Morgan fingerprint density at radius 1 is 1.62 bits per heavy atom. The molecule has 1 aromatic rings. The van der Waals surface area contributed by atoms with Crippen molar-refractivity contribution in [3.8, 4) is 6.07 Å². The van der Waals surface area contributed by atoms with Gasteiger partial charge in [0.2, 0.25) is 0 Å². The van der Waals surface area contributed by atoms with Crippen molar-refractivity contribution in [2.75, 3.05) is 0 Å². The number of hydrogen-bond acceptors (Lipinski definition) is 3. The lowest BCUT2D eigenvalue weighted by Crippen LogP contribution is -1.94. The highest BCUT2D eigenvalue weighted by Gasteiger charge is 2.14. The lowest BCUT2D eigenvalue weighted by atomic mass is 10.1. The highest BCUT2D eigenvalue weighted by Crippen LogP contribution is 2.21. The number of halogens is 1. The number of nitriles is 1. The van der Waals surface area contributed by atoms with Crippen molar-refractivity contribution in [2.24, 2.45) is 0 Å². The van der Waals surface area contributed by atoms with Crippen LogP contribution < -0.4 is 0 Å². The second kappa shape index (κ2) is 3.19. The van der Waals surface area contributed by atoms with Crippen molar-refractivity contribution >= 4 is 5.69 Å². The Morgan fingerprint density at radius 3 is 2.69 bits per heavy atom. The molecule has 0 aliphatic rings. The van der Waals surface area contributed by atoms with Crippen molar-refractivity contribution in [3.05, 3.63) is 39.2 Å². The fourth-order valence-corrected chi connectivity index (χ4v) is 0.953. The molecule has 0 heterocycles. The number of hydrogen-bond donors (Lipinski definition) is 0. The largest absolute Gasteiger partial charge is 0.275 e. The molecule has 0 saturated carbocycles. The minimum absolute atomic E-state index is 0.178. The van der Waals surface area contributed by atoms with Crippen LogP contribution in [0.5, 0.6) is 0 Å². The third-order valence-electron chi connectivity index (χ3n) is 1.60. The van der Waals surface area contributed by atoms with Gasteiger partial charge in [-0.25, -0.2) is 4.39 Å². The molecule has 0 aromatic heterocycles. The molecule has 66 valence electrons. The molecule has 0 unspecified atom stereocenters. The molecule has 1 rings (SSSR count). The molecule has 0 bridgehead atoms. The van der Waals surface area contributed by atoms with Crippen LogP contribution in [0, 0.1) is 34.2 Å². The number of aryl methyl sites for hydroxylation is 1. The summed E-state index contributed by atoms with van der Waals surface area (Å²) in [6, 6.07) is 3.52. The minimum Gasteiger partial charge on any atom is -0.258 e. The molecule has 0 fully saturated rings. The maximum Gasteiger partial charge on any atom is 0.275 e. The fourth-order valence-electron chi connectivity index (χ4n) is 0.953. The maximum atomic E-state index is 12.9. The van der Waals surface area contributed by atoms with Gasteiger partial charge in [-0.1, -0.05) is 0 Å². The average molecular weight is 180 g/mol. The molecular weight excluding hydrogens is 175 g/mol. The highest BCUT2D eigenvalue weighted by molar-refractivity contribution is 5.46. The molecule has 0 N–H and O–H groups in total. The fraction of sp³-hybridized carbons (Fsp3) is 0.125. The molecule has 1 aromatic carbocycles. The standard InChI is InChI=1S/C8H5FN2O2/c1-5-2-6(4-10)7(9)3-8(5)11(12)13/h2-3H,1H3. The van der Waals surface area contributed by atoms with Gasteiger partial charge in [-0.05, 0) is 13.0 Å². The third-order valence-corrected chi connectivity index (χ3v) is 1.60. The number of nitro benzene ring substituents is 1. The number of nitro groups is 1. The van der Waals surface area contributed by atoms with Gasteiger partial charge < -0.3 is 0 Å². The van der Waals surface area contributed by atoms with Crippen LogP contribution in [0.2, 0.25) is 0 Å². The summed E-state index contributed by atoms with van der Waals surface area (Å²) in [5, 5.41) is 18.7. The van der Waals surface area contributed by atoms with Crippen LogP contribution in [-0.2, 0) is 0 Å². The van der Waals surface area contributed by atoms with Crippen molar-refractivity contribution in [1.82, 2.24) is 0 Å². The van der Waals surface area contributed by atoms with Gasteiger partial charge in [-0.15, -0.1) is 0 Å². The van der Waals surface area contributed by atoms with Crippen molar-refractivity contribution in [3.63, 3.8) is 0 Å². The first kappa shape index (κ1) is 9.13. The van der Waals surface area contributed by atoms with E-state index in [4.69, 9.17) is 5.26 Å². The number of benzene rings is 1. The Labute approximate surface area is 73.4 Å². The second-order valence-corrected chi connectivity index (χ2v) is 2.49. The van der Waals surface area contributed by atoms with Gasteiger partial charge in [0.15, 0.2) is 0 Å². The monoisotopic (exact) mass is 180 g/mol. The topological polar surface area (TPSA) is 66.9 Å². The van der Waals surface area contributed by atoms with Gasteiger partial charge in [0.05, 0.1) is 16.6 Å². The predicted octanol–water partition coefficient (Wildman–Crippen LogP) is 1.91. The molecule has 0 amide bonds. The van der Waals surface area contributed by atoms with Gasteiger partial charge in [-0.2, -0.15) is 5.26 Å². The van der Waals surface area contributed by atoms with E-state index in [1.807, 2.05) is 0 Å². The zero-order valence-electron chi connectivity index (χ0n) is 6.74. The summed E-state index contributed by atoms with van der Waals surface area (Å²) in [6.07, 6.45) is 0. The first-order chi connectivity index (χ1) is 6.06. The first-order valence-corrected chi connectivity index (χ1v) is 3.41. The van der Waals surface area contributed by atoms with Gasteiger partial charge >= 0.3 is 0 Å². The molecule has 4 nitrogen and oxygen atoms in total. The average Bonchev–Trinajstić information content (AvgIpc) is 2.07. The van der Waals surface area contributed by atoms with Crippen LogP contribution in [0.25, 0.3) is 0 Å². The van der Waals surface area contributed by atoms with Crippen LogP contribution in [0.3, 0.4) is 0 Å². The zero-order valence-corrected chi connectivity index (χ0v) is 6.74. The van der Waals surface area contributed by atoms with E-state index in [1.165, 1.54) is 6.92 Å². The third kappa shape index (κ3) is 1.62. The smallest absolute Gasteiger partial charge is 0.258 e. The van der Waals surface area contributed by atoms with E-state index in [0.717, 1.165) is 12.1 Å². The Morgan fingerprint density at radius 2 is 2.23 bits per heavy atom. The second-order valence-electron chi connectivity index (χ2n) is 2.49. The van der Waals surface area contributed by atoms with Crippen molar-refractivity contribution in [2.45, 2.75) is 6.92 Å². The summed E-state index contributed by atoms with van der Waals surface area (Å²) >= 11 is 0. The summed E-state index contributed by atoms with van der Waals surface area (Å²) in [6.45, 7) is 1.46. The first-order valence-electron chi connectivity index (χ1n) is 3.41. The van der Waals surface area contributed by atoms with Gasteiger partial charge in [0.25, 0.3) is 5.69 Å². The molecule has 0 spiro atoms. The van der Waals surface area contributed by atoms with Crippen LogP contribution >= 0.6 is 0 Å². The van der Waals surface area contributed by atoms with E-state index in [1.54, 1.807) is 6.07 Å². The van der Waals surface area contributed by atoms with Gasteiger partial charge in [0, 0.05) is 5.56 Å². The number of nitrogens with zero attached hydrogens (tertiary/aromatic N) is 2. The summed E-state index contributed by atoms with van der Waals surface area (Å²) in [5.74, 6) is -0.861. The summed E-state index contributed by atoms with van der Waals surface area (Å²) in [5.41, 5.74) is -0.206. The van der Waals surface area contributed by atoms with Crippen LogP contribution in [-0.4, -0.2) is 4.92 Å². The summed E-state index contributed by atoms with van der Waals surface area (Å²) in [7, 11) is 0. The van der Waals surface area contributed by atoms with E-state index < -0.39 is 10.7 Å². The molecule has 0 aliphatic heterocycles. The van der Waals surface area contributed by atoms with E-state index >= 15 is 0 Å². The lowest BCUT2D eigenvalue weighted by molar-refractivity contribution is -0.385. The van der Waals surface area contributed by atoms with E-state index in [-0.39, 0.29) is 16.8 Å². The summed E-state index contributed by atoms with van der Waals surface area (Å²) in [4.78, 5) is 9.65. The van der Waals surface area contributed by atoms with E-state index in [0.29, 0.717) is 0 Å². The van der Waals surface area contributed by atoms with Crippen molar-refractivity contribution in [1.29, 1.82) is 5.26 Å². The Balaban J connectivity index is 3.39. The predicted molar refractivity (Wildman–Crippen MR) is 42.5 cm³/mol. The van der Waals surface area contributed by atoms with Crippen LogP contribution in [0.15, 0.2) is 12.1 Å². The lowest BCUT2D eigenvalue weighted by Gasteiger charge is -1.97. The van der Waals surface area contributed by atoms with Crippen LogP contribution in [0.4, 0.5) is 10.1 Å². The normalized spacial score (nSPS) is 9.31. The van der Waals surface area contributed by atoms with E-state index in [2.05, 4.69) is 0 Å². The van der Waals surface area contributed by atoms with Crippen LogP contribution in [0.1, 0.15) is 11.1 Å². The Kier molecular flexibility index (Phi) is 2.24. The molecule has 13 heavy (non-hydrogen) atoms. The Bertz CT molecular complexity index is 409. The Hall–Kier alpha value is -1.96. The molecule has 0 saturated heterocycles. The van der Waals surface area contributed by atoms with Gasteiger partial charge in [-0.3, -0.25) is 10.1 Å².